The number of benzene rings is 1. The Morgan fingerprint density at radius 1 is 1.27 bits per heavy atom. The Labute approximate surface area is 160 Å². The van der Waals surface area contributed by atoms with Crippen LogP contribution in [0.2, 0.25) is 0 Å². The van der Waals surface area contributed by atoms with Crippen LogP contribution in [-0.4, -0.2) is 34.4 Å². The number of nitrogens with one attached hydrogen (secondary N) is 1. The quantitative estimate of drug-likeness (QED) is 0.809. The molecule has 0 radical (unpaired) electrons. The van der Waals surface area contributed by atoms with E-state index in [1.54, 1.807) is 10.9 Å². The summed E-state index contributed by atoms with van der Waals surface area (Å²) in [6.07, 6.45) is 6.37. The summed E-state index contributed by atoms with van der Waals surface area (Å²) in [5.74, 6) is 0.344. The van der Waals surface area contributed by atoms with Gasteiger partial charge in [0.1, 0.15) is 0 Å². The SMILES string of the molecule is CCCOc1cn(-c2ccccc2)nc1C(=O)NC1CCC(N)CC1.Cl. The van der Waals surface area contributed by atoms with Crippen LogP contribution >= 0.6 is 12.4 Å². The average Bonchev–Trinajstić information content (AvgIpc) is 3.07. The highest BCUT2D eigenvalue weighted by atomic mass is 35.5. The molecular formula is C19H27ClN4O2. The van der Waals surface area contributed by atoms with Crippen molar-refractivity contribution < 1.29 is 9.53 Å². The monoisotopic (exact) mass is 378 g/mol. The third kappa shape index (κ3) is 4.99. The lowest BCUT2D eigenvalue weighted by molar-refractivity contribution is 0.0916. The molecule has 6 nitrogen and oxygen atoms in total. The molecule has 1 heterocycles. The molecule has 1 saturated carbocycles. The second kappa shape index (κ2) is 9.59. The standard InChI is InChI=1S/C19H26N4O2.ClH/c1-2-12-25-17-13-23(16-6-4-3-5-7-16)22-18(17)19(24)21-15-10-8-14(20)9-11-15;/h3-7,13-15H,2,8-12,20H2,1H3,(H,21,24);1H. The maximum atomic E-state index is 12.7. The first-order valence-electron chi connectivity index (χ1n) is 9.01. The molecule has 142 valence electrons. The highest BCUT2D eigenvalue weighted by molar-refractivity contribution is 5.95. The van der Waals surface area contributed by atoms with Gasteiger partial charge in [0.2, 0.25) is 0 Å². The van der Waals surface area contributed by atoms with Crippen molar-refractivity contribution >= 4 is 18.3 Å². The number of rotatable bonds is 6. The van der Waals surface area contributed by atoms with Crippen LogP contribution in [0.15, 0.2) is 36.5 Å². The fourth-order valence-electron chi connectivity index (χ4n) is 3.06. The third-order valence-electron chi connectivity index (χ3n) is 4.49. The van der Waals surface area contributed by atoms with Crippen molar-refractivity contribution in [2.24, 2.45) is 5.73 Å². The van der Waals surface area contributed by atoms with E-state index < -0.39 is 0 Å². The molecule has 0 spiro atoms. The van der Waals surface area contributed by atoms with Crippen LogP contribution in [-0.2, 0) is 0 Å². The Morgan fingerprint density at radius 2 is 1.96 bits per heavy atom. The van der Waals surface area contributed by atoms with Gasteiger partial charge in [-0.05, 0) is 44.2 Å². The van der Waals surface area contributed by atoms with E-state index in [2.05, 4.69) is 10.4 Å². The summed E-state index contributed by atoms with van der Waals surface area (Å²) in [6, 6.07) is 10.1. The summed E-state index contributed by atoms with van der Waals surface area (Å²) in [7, 11) is 0. The van der Waals surface area contributed by atoms with Crippen molar-refractivity contribution in [1.82, 2.24) is 15.1 Å². The van der Waals surface area contributed by atoms with Gasteiger partial charge in [0.05, 0.1) is 18.5 Å². The number of nitrogens with zero attached hydrogens (tertiary/aromatic N) is 2. The van der Waals surface area contributed by atoms with Crippen LogP contribution in [0.3, 0.4) is 0 Å². The smallest absolute Gasteiger partial charge is 0.275 e. The number of para-hydroxylation sites is 1. The van der Waals surface area contributed by atoms with Crippen LogP contribution in [0.25, 0.3) is 5.69 Å². The number of aromatic nitrogens is 2. The maximum Gasteiger partial charge on any atom is 0.275 e. The average molecular weight is 379 g/mol. The van der Waals surface area contributed by atoms with Gasteiger partial charge in [-0.2, -0.15) is 5.10 Å². The van der Waals surface area contributed by atoms with E-state index in [4.69, 9.17) is 10.5 Å². The molecule has 1 aliphatic rings. The van der Waals surface area contributed by atoms with E-state index in [9.17, 15) is 4.79 Å². The molecule has 1 fully saturated rings. The number of carbonyl (C=O) groups excluding carboxylic acids is 1. The molecule has 0 aliphatic heterocycles. The molecule has 0 saturated heterocycles. The summed E-state index contributed by atoms with van der Waals surface area (Å²) in [4.78, 5) is 12.7. The highest BCUT2D eigenvalue weighted by Gasteiger charge is 2.24. The topological polar surface area (TPSA) is 82.2 Å². The van der Waals surface area contributed by atoms with Crippen molar-refractivity contribution in [1.29, 1.82) is 0 Å². The highest BCUT2D eigenvalue weighted by Crippen LogP contribution is 2.22. The minimum atomic E-state index is -0.179. The van der Waals surface area contributed by atoms with Crippen molar-refractivity contribution in [3.63, 3.8) is 0 Å². The first kappa shape index (κ1) is 20.3. The normalized spacial score (nSPS) is 19.5. The van der Waals surface area contributed by atoms with E-state index in [1.165, 1.54) is 0 Å². The molecular weight excluding hydrogens is 352 g/mol. The van der Waals surface area contributed by atoms with Crippen LogP contribution in [0.5, 0.6) is 5.75 Å². The van der Waals surface area contributed by atoms with Crippen LogP contribution < -0.4 is 15.8 Å². The number of amides is 1. The minimum Gasteiger partial charge on any atom is -0.489 e. The van der Waals surface area contributed by atoms with Gasteiger partial charge in [-0.1, -0.05) is 25.1 Å². The first-order chi connectivity index (χ1) is 12.2. The Balaban J connectivity index is 0.00000243. The fraction of sp³-hybridized carbons (Fsp3) is 0.474. The van der Waals surface area contributed by atoms with Crippen molar-refractivity contribution in [2.75, 3.05) is 6.61 Å². The second-order valence-corrected chi connectivity index (χ2v) is 6.56. The van der Waals surface area contributed by atoms with Gasteiger partial charge in [0.15, 0.2) is 11.4 Å². The molecule has 1 amide bonds. The van der Waals surface area contributed by atoms with E-state index in [0.29, 0.717) is 18.1 Å². The fourth-order valence-corrected chi connectivity index (χ4v) is 3.06. The third-order valence-corrected chi connectivity index (χ3v) is 4.49. The van der Waals surface area contributed by atoms with Gasteiger partial charge < -0.3 is 15.8 Å². The van der Waals surface area contributed by atoms with Crippen molar-refractivity contribution in [2.45, 2.75) is 51.1 Å². The van der Waals surface area contributed by atoms with Crippen LogP contribution in [0, 0.1) is 0 Å². The molecule has 0 unspecified atom stereocenters. The minimum absolute atomic E-state index is 0. The lowest BCUT2D eigenvalue weighted by Gasteiger charge is -2.26. The molecule has 1 aliphatic carbocycles. The summed E-state index contributed by atoms with van der Waals surface area (Å²) >= 11 is 0. The summed E-state index contributed by atoms with van der Waals surface area (Å²) < 4.78 is 7.44. The van der Waals surface area contributed by atoms with Gasteiger partial charge in [0, 0.05) is 12.1 Å². The van der Waals surface area contributed by atoms with Gasteiger partial charge >= 0.3 is 0 Å². The molecule has 3 N–H and O–H groups in total. The van der Waals surface area contributed by atoms with Gasteiger partial charge in [-0.3, -0.25) is 4.79 Å². The molecule has 0 atom stereocenters. The number of halogens is 1. The summed E-state index contributed by atoms with van der Waals surface area (Å²) in [5.41, 5.74) is 7.17. The number of carbonyl (C=O) groups is 1. The van der Waals surface area contributed by atoms with Crippen LogP contribution in [0.1, 0.15) is 49.5 Å². The molecule has 7 heteroatoms. The lowest BCUT2D eigenvalue weighted by atomic mass is 9.92. The lowest BCUT2D eigenvalue weighted by Crippen LogP contribution is -2.40. The predicted molar refractivity (Wildman–Crippen MR) is 104 cm³/mol. The predicted octanol–water partition coefficient (Wildman–Crippen LogP) is 3.08. The number of hydrogen-bond acceptors (Lipinski definition) is 4. The number of ether oxygens (including phenoxy) is 1. The van der Waals surface area contributed by atoms with Gasteiger partial charge in [0.25, 0.3) is 5.91 Å². The van der Waals surface area contributed by atoms with Gasteiger partial charge in [-0.25, -0.2) is 4.68 Å². The Morgan fingerprint density at radius 3 is 2.62 bits per heavy atom. The van der Waals surface area contributed by atoms with Gasteiger partial charge in [-0.15, -0.1) is 12.4 Å². The molecule has 26 heavy (non-hydrogen) atoms. The Hall–Kier alpha value is -2.05. The zero-order valence-electron chi connectivity index (χ0n) is 15.1. The van der Waals surface area contributed by atoms with E-state index in [-0.39, 0.29) is 30.4 Å². The molecule has 2 aromatic rings. The summed E-state index contributed by atoms with van der Waals surface area (Å²) in [6.45, 7) is 2.59. The van der Waals surface area contributed by atoms with Crippen LogP contribution in [0.4, 0.5) is 0 Å². The summed E-state index contributed by atoms with van der Waals surface area (Å²) in [5, 5.41) is 7.56. The van der Waals surface area contributed by atoms with E-state index >= 15 is 0 Å². The number of hydrogen-bond donors (Lipinski definition) is 2. The van der Waals surface area contributed by atoms with E-state index in [1.807, 2.05) is 37.3 Å². The zero-order chi connectivity index (χ0) is 17.6. The first-order valence-corrected chi connectivity index (χ1v) is 9.01. The molecule has 0 bridgehead atoms. The molecule has 1 aromatic carbocycles. The maximum absolute atomic E-state index is 12.7. The van der Waals surface area contributed by atoms with Crippen molar-refractivity contribution in [3.05, 3.63) is 42.2 Å². The second-order valence-electron chi connectivity index (χ2n) is 6.56. The largest absolute Gasteiger partial charge is 0.489 e. The van der Waals surface area contributed by atoms with Crippen molar-refractivity contribution in [3.8, 4) is 11.4 Å². The number of nitrogens with two attached hydrogens (primary N) is 1. The Bertz CT molecular complexity index is 697. The molecule has 1 aromatic heterocycles. The Kier molecular flexibility index (Phi) is 7.48. The zero-order valence-corrected chi connectivity index (χ0v) is 15.9. The molecule has 3 rings (SSSR count). The van der Waals surface area contributed by atoms with E-state index in [0.717, 1.165) is 37.8 Å².